The average molecular weight is 397 g/mol. The minimum Gasteiger partial charge on any atom is -0.493 e. The summed E-state index contributed by atoms with van der Waals surface area (Å²) in [5.41, 5.74) is 2.87. The third-order valence-electron chi connectivity index (χ3n) is 4.66. The van der Waals surface area contributed by atoms with E-state index >= 15 is 0 Å². The molecule has 6 heteroatoms. The second-order valence-corrected chi connectivity index (χ2v) is 6.78. The van der Waals surface area contributed by atoms with Crippen LogP contribution in [0.2, 0.25) is 0 Å². The van der Waals surface area contributed by atoms with Crippen LogP contribution in [0.1, 0.15) is 42.3 Å². The van der Waals surface area contributed by atoms with E-state index in [0.717, 1.165) is 23.3 Å². The number of nitrogens with one attached hydrogen (secondary N) is 1. The highest BCUT2D eigenvalue weighted by molar-refractivity contribution is 6.06. The molecule has 1 aliphatic heterocycles. The summed E-state index contributed by atoms with van der Waals surface area (Å²) in [5.74, 6) is 2.20. The number of hydrogen-bond acceptors (Lipinski definition) is 5. The highest BCUT2D eigenvalue weighted by atomic mass is 16.5. The number of carbonyl (C=O) groups is 1. The van der Waals surface area contributed by atoms with E-state index in [4.69, 9.17) is 18.9 Å². The number of benzene rings is 2. The zero-order valence-electron chi connectivity index (χ0n) is 17.5. The first-order valence-electron chi connectivity index (χ1n) is 9.67. The van der Waals surface area contributed by atoms with E-state index in [1.165, 1.54) is 0 Å². The largest absolute Gasteiger partial charge is 0.493 e. The molecule has 29 heavy (non-hydrogen) atoms. The molecule has 0 bridgehead atoms. The van der Waals surface area contributed by atoms with Crippen LogP contribution < -0.4 is 24.3 Å². The first-order valence-corrected chi connectivity index (χ1v) is 9.67. The lowest BCUT2D eigenvalue weighted by Crippen LogP contribution is -2.14. The third-order valence-corrected chi connectivity index (χ3v) is 4.66. The van der Waals surface area contributed by atoms with E-state index in [1.54, 1.807) is 26.4 Å². The molecule has 1 unspecified atom stereocenters. The minimum absolute atomic E-state index is 0.111. The maximum absolute atomic E-state index is 13.0. The van der Waals surface area contributed by atoms with E-state index < -0.39 is 0 Å². The van der Waals surface area contributed by atoms with Crippen molar-refractivity contribution in [3.63, 3.8) is 0 Å². The van der Waals surface area contributed by atoms with Crippen molar-refractivity contribution in [2.75, 3.05) is 26.1 Å². The maximum atomic E-state index is 13.0. The number of ether oxygens (including phenoxy) is 4. The predicted octanol–water partition coefficient (Wildman–Crippen LogP) is 4.71. The summed E-state index contributed by atoms with van der Waals surface area (Å²) >= 11 is 0. The van der Waals surface area contributed by atoms with Gasteiger partial charge in [-0.2, -0.15) is 0 Å². The molecular formula is C23H27NO5. The average Bonchev–Trinajstić information content (AvgIpc) is 3.06. The Hall–Kier alpha value is -3.15. The summed E-state index contributed by atoms with van der Waals surface area (Å²) in [7, 11) is 3.12. The Bertz CT molecular complexity index is 935. The second-order valence-electron chi connectivity index (χ2n) is 6.78. The van der Waals surface area contributed by atoms with Gasteiger partial charge < -0.3 is 24.3 Å². The summed E-state index contributed by atoms with van der Waals surface area (Å²) in [4.78, 5) is 13.0. The van der Waals surface area contributed by atoms with Gasteiger partial charge in [0.1, 0.15) is 17.6 Å². The Morgan fingerprint density at radius 2 is 2.00 bits per heavy atom. The van der Waals surface area contributed by atoms with Crippen molar-refractivity contribution in [2.45, 2.75) is 33.3 Å². The molecule has 0 saturated heterocycles. The molecule has 154 valence electrons. The lowest BCUT2D eigenvalue weighted by molar-refractivity contribution is 0.102. The number of rotatable bonds is 7. The van der Waals surface area contributed by atoms with Gasteiger partial charge in [0.25, 0.3) is 5.91 Å². The molecule has 1 atom stereocenters. The van der Waals surface area contributed by atoms with E-state index in [9.17, 15) is 4.79 Å². The molecule has 3 rings (SSSR count). The topological polar surface area (TPSA) is 66.0 Å². The number of allylic oxidation sites excluding steroid dienone is 1. The van der Waals surface area contributed by atoms with E-state index in [1.807, 2.05) is 45.1 Å². The van der Waals surface area contributed by atoms with Gasteiger partial charge in [-0.3, -0.25) is 4.79 Å². The number of hydrogen-bond donors (Lipinski definition) is 1. The minimum atomic E-state index is -0.274. The molecule has 1 amide bonds. The first-order chi connectivity index (χ1) is 14.0. The quantitative estimate of drug-likeness (QED) is 0.733. The molecule has 1 heterocycles. The monoisotopic (exact) mass is 397 g/mol. The van der Waals surface area contributed by atoms with Crippen LogP contribution in [0.3, 0.4) is 0 Å². The highest BCUT2D eigenvalue weighted by Gasteiger charge is 2.23. The van der Waals surface area contributed by atoms with Gasteiger partial charge in [0.15, 0.2) is 11.5 Å². The Kier molecular flexibility index (Phi) is 6.32. The van der Waals surface area contributed by atoms with Gasteiger partial charge in [0, 0.05) is 29.2 Å². The number of methoxy groups -OCH3 is 2. The summed E-state index contributed by atoms with van der Waals surface area (Å²) in [6.45, 7) is 6.33. The van der Waals surface area contributed by atoms with Crippen LogP contribution in [0.25, 0.3) is 6.08 Å². The van der Waals surface area contributed by atoms with Gasteiger partial charge in [-0.05, 0) is 39.0 Å². The Labute approximate surface area is 171 Å². The SMILES string of the molecule is C/C=C/c1cc(C(=O)Nc2cc3c(cc2OCC)CC(C)O3)cc(OC)c1OC. The van der Waals surface area contributed by atoms with Crippen molar-refractivity contribution in [1.29, 1.82) is 0 Å². The lowest BCUT2D eigenvalue weighted by Gasteiger charge is -2.15. The number of amides is 1. The molecule has 1 N–H and O–H groups in total. The Balaban J connectivity index is 1.96. The van der Waals surface area contributed by atoms with Gasteiger partial charge in [-0.1, -0.05) is 12.2 Å². The smallest absolute Gasteiger partial charge is 0.255 e. The summed E-state index contributed by atoms with van der Waals surface area (Å²) in [6.07, 6.45) is 4.69. The summed E-state index contributed by atoms with van der Waals surface area (Å²) < 4.78 is 22.4. The van der Waals surface area contributed by atoms with Crippen molar-refractivity contribution < 1.29 is 23.7 Å². The summed E-state index contributed by atoms with van der Waals surface area (Å²) in [5, 5.41) is 2.95. The van der Waals surface area contributed by atoms with Gasteiger partial charge in [-0.15, -0.1) is 0 Å². The molecule has 0 fully saturated rings. The van der Waals surface area contributed by atoms with Crippen LogP contribution in [0, 0.1) is 0 Å². The van der Waals surface area contributed by atoms with Crippen molar-refractivity contribution in [3.8, 4) is 23.0 Å². The molecule has 0 aromatic heterocycles. The summed E-state index contributed by atoms with van der Waals surface area (Å²) in [6, 6.07) is 7.20. The Morgan fingerprint density at radius 3 is 2.66 bits per heavy atom. The van der Waals surface area contributed by atoms with E-state index in [0.29, 0.717) is 35.1 Å². The number of carbonyl (C=O) groups excluding carboxylic acids is 1. The molecule has 0 aliphatic carbocycles. The number of anilines is 1. The zero-order valence-corrected chi connectivity index (χ0v) is 17.5. The predicted molar refractivity (Wildman–Crippen MR) is 114 cm³/mol. The van der Waals surface area contributed by atoms with Crippen molar-refractivity contribution in [1.82, 2.24) is 0 Å². The number of fused-ring (bicyclic) bond motifs is 1. The highest BCUT2D eigenvalue weighted by Crippen LogP contribution is 2.39. The zero-order chi connectivity index (χ0) is 21.0. The Morgan fingerprint density at radius 1 is 1.21 bits per heavy atom. The van der Waals surface area contributed by atoms with Crippen LogP contribution in [-0.4, -0.2) is 32.8 Å². The van der Waals surface area contributed by atoms with E-state index in [2.05, 4.69) is 5.32 Å². The first kappa shape index (κ1) is 20.6. The molecule has 0 saturated carbocycles. The molecule has 1 aliphatic rings. The maximum Gasteiger partial charge on any atom is 0.255 e. The lowest BCUT2D eigenvalue weighted by atomic mass is 10.1. The van der Waals surface area contributed by atoms with Crippen LogP contribution >= 0.6 is 0 Å². The van der Waals surface area contributed by atoms with Gasteiger partial charge in [-0.25, -0.2) is 0 Å². The van der Waals surface area contributed by atoms with E-state index in [-0.39, 0.29) is 12.0 Å². The van der Waals surface area contributed by atoms with Crippen LogP contribution in [0.5, 0.6) is 23.0 Å². The normalized spacial score (nSPS) is 15.0. The standard InChI is InChI=1S/C23H27NO5/c1-6-8-15-10-17(12-21(26-4)22(15)27-5)23(25)24-18-13-19-16(9-14(3)29-19)11-20(18)28-7-2/h6,8,10-14H,7,9H2,1-5H3,(H,24,25)/b8-6+. The second kappa shape index (κ2) is 8.90. The van der Waals surface area contributed by atoms with Gasteiger partial charge in [0.05, 0.1) is 26.5 Å². The van der Waals surface area contributed by atoms with Crippen LogP contribution in [-0.2, 0) is 6.42 Å². The molecule has 2 aromatic carbocycles. The van der Waals surface area contributed by atoms with Crippen LogP contribution in [0.4, 0.5) is 5.69 Å². The van der Waals surface area contributed by atoms with Crippen molar-refractivity contribution in [2.24, 2.45) is 0 Å². The van der Waals surface area contributed by atoms with Crippen molar-refractivity contribution in [3.05, 3.63) is 47.0 Å². The molecule has 6 nitrogen and oxygen atoms in total. The third kappa shape index (κ3) is 4.31. The molecule has 2 aromatic rings. The fourth-order valence-electron chi connectivity index (χ4n) is 3.43. The fraction of sp³-hybridized carbons (Fsp3) is 0.348. The fourth-order valence-corrected chi connectivity index (χ4v) is 3.43. The van der Waals surface area contributed by atoms with Crippen molar-refractivity contribution >= 4 is 17.7 Å². The molecule has 0 radical (unpaired) electrons. The van der Waals surface area contributed by atoms with Gasteiger partial charge >= 0.3 is 0 Å². The van der Waals surface area contributed by atoms with Gasteiger partial charge in [0.2, 0.25) is 0 Å². The van der Waals surface area contributed by atoms with Crippen LogP contribution in [0.15, 0.2) is 30.3 Å². The molecule has 0 spiro atoms. The molecular weight excluding hydrogens is 370 g/mol.